The fraction of sp³-hybridized carbons (Fsp3) is 0.667. The minimum Gasteiger partial charge on any atom is -0.330 e. The minimum absolute atomic E-state index is 0.0157. The lowest BCUT2D eigenvalue weighted by atomic mass is 10.1. The number of fused-ring (bicyclic) bond motifs is 1. The Morgan fingerprint density at radius 1 is 1.30 bits per heavy atom. The maximum atomic E-state index is 12.5. The topological polar surface area (TPSA) is 58.4 Å². The second kappa shape index (κ2) is 10.4. The summed E-state index contributed by atoms with van der Waals surface area (Å²) in [5.41, 5.74) is 0.629. The zero-order valence-electron chi connectivity index (χ0n) is 17.3. The van der Waals surface area contributed by atoms with Gasteiger partial charge in [-0.15, -0.1) is 0 Å². The second-order valence-electron chi connectivity index (χ2n) is 7.77. The Labute approximate surface area is 163 Å². The van der Waals surface area contributed by atoms with Crippen LogP contribution in [0.25, 0.3) is 0 Å². The number of aromatic nitrogens is 2. The van der Waals surface area contributed by atoms with E-state index in [4.69, 9.17) is 0 Å². The SMILES string of the molecule is CCCN(C/C=C/C(=O)N1CCn2c(C(C)=O)cnc2C1)CCCC(C)C. The van der Waals surface area contributed by atoms with Crippen molar-refractivity contribution in [2.75, 3.05) is 26.2 Å². The minimum atomic E-state index is 0.0157. The van der Waals surface area contributed by atoms with Gasteiger partial charge in [0.2, 0.25) is 5.91 Å². The molecule has 6 heteroatoms. The van der Waals surface area contributed by atoms with Crippen molar-refractivity contribution >= 4 is 11.7 Å². The van der Waals surface area contributed by atoms with Gasteiger partial charge in [0.1, 0.15) is 11.5 Å². The van der Waals surface area contributed by atoms with Gasteiger partial charge in [-0.1, -0.05) is 26.8 Å². The Hall–Kier alpha value is -1.95. The highest BCUT2D eigenvalue weighted by Crippen LogP contribution is 2.15. The van der Waals surface area contributed by atoms with E-state index in [1.807, 2.05) is 10.6 Å². The summed E-state index contributed by atoms with van der Waals surface area (Å²) in [6.45, 7) is 12.9. The van der Waals surface area contributed by atoms with Gasteiger partial charge in [0.05, 0.1) is 12.7 Å². The summed E-state index contributed by atoms with van der Waals surface area (Å²) in [5.74, 6) is 1.56. The molecule has 2 heterocycles. The number of carbonyl (C=O) groups excluding carboxylic acids is 2. The third-order valence-electron chi connectivity index (χ3n) is 4.96. The van der Waals surface area contributed by atoms with E-state index in [9.17, 15) is 9.59 Å². The van der Waals surface area contributed by atoms with Crippen LogP contribution in [0.4, 0.5) is 0 Å². The molecule has 0 aliphatic carbocycles. The average molecular weight is 375 g/mol. The first-order valence-corrected chi connectivity index (χ1v) is 10.2. The highest BCUT2D eigenvalue weighted by atomic mass is 16.2. The van der Waals surface area contributed by atoms with Gasteiger partial charge >= 0.3 is 0 Å². The largest absolute Gasteiger partial charge is 0.330 e. The van der Waals surface area contributed by atoms with Crippen LogP contribution in [0.3, 0.4) is 0 Å². The molecule has 0 bridgehead atoms. The molecular weight excluding hydrogens is 340 g/mol. The molecule has 1 aliphatic rings. The molecule has 0 aromatic carbocycles. The first kappa shape index (κ1) is 21.4. The van der Waals surface area contributed by atoms with E-state index in [2.05, 4.69) is 30.7 Å². The average Bonchev–Trinajstić information content (AvgIpc) is 3.04. The first-order chi connectivity index (χ1) is 12.9. The molecule has 0 saturated carbocycles. The molecule has 0 saturated heterocycles. The predicted octanol–water partition coefficient (Wildman–Crippen LogP) is 3.13. The molecule has 1 aromatic heterocycles. The Balaban J connectivity index is 1.85. The summed E-state index contributed by atoms with van der Waals surface area (Å²) in [6, 6.07) is 0. The van der Waals surface area contributed by atoms with Gasteiger partial charge < -0.3 is 9.47 Å². The van der Waals surface area contributed by atoms with Crippen LogP contribution in [0, 0.1) is 5.92 Å². The lowest BCUT2D eigenvalue weighted by Gasteiger charge is -2.27. The zero-order valence-corrected chi connectivity index (χ0v) is 17.3. The van der Waals surface area contributed by atoms with Crippen LogP contribution < -0.4 is 0 Å². The van der Waals surface area contributed by atoms with Crippen LogP contribution >= 0.6 is 0 Å². The zero-order chi connectivity index (χ0) is 19.8. The number of amides is 1. The third-order valence-corrected chi connectivity index (χ3v) is 4.96. The van der Waals surface area contributed by atoms with Crippen molar-refractivity contribution in [2.45, 2.75) is 60.0 Å². The molecule has 27 heavy (non-hydrogen) atoms. The van der Waals surface area contributed by atoms with Crippen molar-refractivity contribution in [1.29, 1.82) is 0 Å². The van der Waals surface area contributed by atoms with Crippen LogP contribution in [0.15, 0.2) is 18.3 Å². The van der Waals surface area contributed by atoms with Crippen molar-refractivity contribution in [3.63, 3.8) is 0 Å². The first-order valence-electron chi connectivity index (χ1n) is 10.2. The summed E-state index contributed by atoms with van der Waals surface area (Å²) < 4.78 is 1.92. The van der Waals surface area contributed by atoms with E-state index < -0.39 is 0 Å². The monoisotopic (exact) mass is 374 g/mol. The highest BCUT2D eigenvalue weighted by molar-refractivity contribution is 5.92. The van der Waals surface area contributed by atoms with E-state index >= 15 is 0 Å². The van der Waals surface area contributed by atoms with Crippen LogP contribution in [-0.2, 0) is 17.9 Å². The molecular formula is C21H34N4O2. The third kappa shape index (κ3) is 6.31. The van der Waals surface area contributed by atoms with Gasteiger partial charge in [-0.2, -0.15) is 0 Å². The van der Waals surface area contributed by atoms with Crippen molar-refractivity contribution in [3.8, 4) is 0 Å². The molecule has 6 nitrogen and oxygen atoms in total. The smallest absolute Gasteiger partial charge is 0.246 e. The molecule has 150 valence electrons. The molecule has 1 aromatic rings. The fourth-order valence-electron chi connectivity index (χ4n) is 3.47. The van der Waals surface area contributed by atoms with Crippen LogP contribution in [0.1, 0.15) is 63.3 Å². The van der Waals surface area contributed by atoms with Crippen LogP contribution in [-0.4, -0.2) is 57.2 Å². The number of carbonyl (C=O) groups is 2. The number of Topliss-reactive ketones (excluding diaryl/α,β-unsaturated/α-hetero) is 1. The summed E-state index contributed by atoms with van der Waals surface area (Å²) in [6.07, 6.45) is 8.85. The Morgan fingerprint density at radius 2 is 2.07 bits per heavy atom. The van der Waals surface area contributed by atoms with Gasteiger partial charge in [0.15, 0.2) is 5.78 Å². The fourth-order valence-corrected chi connectivity index (χ4v) is 3.47. The van der Waals surface area contributed by atoms with Crippen LogP contribution in [0.5, 0.6) is 0 Å². The van der Waals surface area contributed by atoms with Gasteiger partial charge in [-0.25, -0.2) is 4.98 Å². The van der Waals surface area contributed by atoms with Crippen molar-refractivity contribution < 1.29 is 9.59 Å². The van der Waals surface area contributed by atoms with E-state index in [-0.39, 0.29) is 11.7 Å². The highest BCUT2D eigenvalue weighted by Gasteiger charge is 2.23. The van der Waals surface area contributed by atoms with Crippen LogP contribution in [0.2, 0.25) is 0 Å². The molecule has 0 fully saturated rings. The van der Waals surface area contributed by atoms with E-state index in [1.165, 1.54) is 12.8 Å². The number of nitrogens with zero attached hydrogens (tertiary/aromatic N) is 4. The number of hydrogen-bond acceptors (Lipinski definition) is 4. The molecule has 2 rings (SSSR count). The molecule has 1 aliphatic heterocycles. The summed E-state index contributed by atoms with van der Waals surface area (Å²) in [4.78, 5) is 32.6. The number of imidazole rings is 1. The van der Waals surface area contributed by atoms with E-state index in [0.717, 1.165) is 37.8 Å². The van der Waals surface area contributed by atoms with Gasteiger partial charge in [-0.05, 0) is 38.3 Å². The Morgan fingerprint density at radius 3 is 2.74 bits per heavy atom. The molecule has 0 spiro atoms. The summed E-state index contributed by atoms with van der Waals surface area (Å²) >= 11 is 0. The van der Waals surface area contributed by atoms with Crippen molar-refractivity contribution in [1.82, 2.24) is 19.4 Å². The summed E-state index contributed by atoms with van der Waals surface area (Å²) in [7, 11) is 0. The van der Waals surface area contributed by atoms with E-state index in [0.29, 0.717) is 25.3 Å². The van der Waals surface area contributed by atoms with Crippen molar-refractivity contribution in [2.24, 2.45) is 5.92 Å². The Kier molecular flexibility index (Phi) is 8.23. The predicted molar refractivity (Wildman–Crippen MR) is 108 cm³/mol. The maximum absolute atomic E-state index is 12.5. The number of ketones is 1. The number of rotatable bonds is 10. The maximum Gasteiger partial charge on any atom is 0.246 e. The molecule has 0 unspecified atom stereocenters. The standard InChI is InChI=1S/C21H34N4O2/c1-5-10-23(11-6-8-17(2)3)12-7-9-21(27)24-13-14-25-19(18(4)26)15-22-20(25)16-24/h7,9,15,17H,5-6,8,10-14,16H2,1-4H3/b9-7+. The van der Waals surface area contributed by atoms with E-state index in [1.54, 1.807) is 24.1 Å². The number of hydrogen-bond donors (Lipinski definition) is 0. The molecule has 0 atom stereocenters. The lowest BCUT2D eigenvalue weighted by molar-refractivity contribution is -0.127. The van der Waals surface area contributed by atoms with Gasteiger partial charge in [-0.3, -0.25) is 14.5 Å². The second-order valence-corrected chi connectivity index (χ2v) is 7.77. The lowest BCUT2D eigenvalue weighted by Crippen LogP contribution is -2.38. The van der Waals surface area contributed by atoms with Gasteiger partial charge in [0, 0.05) is 32.6 Å². The Bertz CT molecular complexity index is 663. The molecule has 0 radical (unpaired) electrons. The molecule has 0 N–H and O–H groups in total. The quantitative estimate of drug-likeness (QED) is 0.466. The molecule has 1 amide bonds. The normalized spacial score (nSPS) is 14.4. The van der Waals surface area contributed by atoms with Gasteiger partial charge in [0.25, 0.3) is 0 Å². The van der Waals surface area contributed by atoms with Crippen molar-refractivity contribution in [3.05, 3.63) is 29.9 Å². The summed E-state index contributed by atoms with van der Waals surface area (Å²) in [5, 5.41) is 0.